The predicted molar refractivity (Wildman–Crippen MR) is 63.0 cm³/mol. The van der Waals surface area contributed by atoms with Crippen LogP contribution < -0.4 is 11.1 Å². The second kappa shape index (κ2) is 4.65. The summed E-state index contributed by atoms with van der Waals surface area (Å²) in [5.74, 6) is 0.606. The number of nitrogen functional groups attached to an aromatic ring is 1. The standard InChI is InChI=1S/C11H18N4O/c12-9-6-13-8-15-10(9)14-7-11(16)4-2-1-3-5-11/h6,8,16H,1-5,7,12H2,(H,13,14,15). The SMILES string of the molecule is Nc1cncnc1NCC1(O)CCCCC1. The Bertz CT molecular complexity index is 350. The van der Waals surface area contributed by atoms with Crippen molar-refractivity contribution in [2.75, 3.05) is 17.6 Å². The molecule has 0 aliphatic heterocycles. The number of hydrogen-bond acceptors (Lipinski definition) is 5. The van der Waals surface area contributed by atoms with Gasteiger partial charge in [0.2, 0.25) is 0 Å². The van der Waals surface area contributed by atoms with Crippen molar-refractivity contribution in [3.63, 3.8) is 0 Å². The van der Waals surface area contributed by atoms with Crippen molar-refractivity contribution in [2.45, 2.75) is 37.7 Å². The molecule has 0 bridgehead atoms. The molecule has 1 aromatic rings. The van der Waals surface area contributed by atoms with Gasteiger partial charge in [-0.25, -0.2) is 9.97 Å². The van der Waals surface area contributed by atoms with Crippen molar-refractivity contribution in [3.8, 4) is 0 Å². The van der Waals surface area contributed by atoms with Crippen molar-refractivity contribution in [1.82, 2.24) is 9.97 Å². The summed E-state index contributed by atoms with van der Waals surface area (Å²) >= 11 is 0. The predicted octanol–water partition coefficient (Wildman–Crippen LogP) is 1.17. The second-order valence-corrected chi connectivity index (χ2v) is 4.47. The van der Waals surface area contributed by atoms with Gasteiger partial charge in [0.05, 0.1) is 17.5 Å². The Labute approximate surface area is 95.1 Å². The zero-order valence-electron chi connectivity index (χ0n) is 9.32. The Balaban J connectivity index is 1.94. The molecule has 0 aromatic carbocycles. The van der Waals surface area contributed by atoms with Gasteiger partial charge in [-0.1, -0.05) is 19.3 Å². The van der Waals surface area contributed by atoms with Gasteiger partial charge in [-0.05, 0) is 12.8 Å². The quantitative estimate of drug-likeness (QED) is 0.715. The van der Waals surface area contributed by atoms with Crippen LogP contribution in [0.15, 0.2) is 12.5 Å². The van der Waals surface area contributed by atoms with Gasteiger partial charge in [0.1, 0.15) is 6.33 Å². The number of anilines is 2. The first-order valence-corrected chi connectivity index (χ1v) is 5.71. The molecule has 1 aromatic heterocycles. The molecule has 2 rings (SSSR count). The Hall–Kier alpha value is -1.36. The van der Waals surface area contributed by atoms with E-state index in [1.165, 1.54) is 12.7 Å². The molecule has 0 atom stereocenters. The lowest BCUT2D eigenvalue weighted by Crippen LogP contribution is -2.39. The van der Waals surface area contributed by atoms with Gasteiger partial charge in [0, 0.05) is 6.54 Å². The summed E-state index contributed by atoms with van der Waals surface area (Å²) < 4.78 is 0. The zero-order valence-corrected chi connectivity index (χ0v) is 9.32. The van der Waals surface area contributed by atoms with Gasteiger partial charge in [0.25, 0.3) is 0 Å². The lowest BCUT2D eigenvalue weighted by Gasteiger charge is -2.32. The maximum atomic E-state index is 10.3. The molecule has 1 saturated carbocycles. The molecule has 1 aliphatic rings. The first-order chi connectivity index (χ1) is 7.70. The van der Waals surface area contributed by atoms with Crippen LogP contribution in [-0.2, 0) is 0 Å². The maximum Gasteiger partial charge on any atom is 0.152 e. The fourth-order valence-electron chi connectivity index (χ4n) is 2.12. The van der Waals surface area contributed by atoms with Gasteiger partial charge in [0.15, 0.2) is 5.82 Å². The molecule has 0 radical (unpaired) electrons. The third-order valence-electron chi connectivity index (χ3n) is 3.11. The molecule has 0 saturated heterocycles. The average Bonchev–Trinajstić information content (AvgIpc) is 2.29. The van der Waals surface area contributed by atoms with E-state index in [2.05, 4.69) is 15.3 Å². The molecule has 1 heterocycles. The first kappa shape index (κ1) is 11.1. The summed E-state index contributed by atoms with van der Waals surface area (Å²) in [6.45, 7) is 0.508. The maximum absolute atomic E-state index is 10.3. The number of aromatic nitrogens is 2. The lowest BCUT2D eigenvalue weighted by atomic mass is 9.85. The number of rotatable bonds is 3. The van der Waals surface area contributed by atoms with E-state index in [1.807, 2.05) is 0 Å². The van der Waals surface area contributed by atoms with Crippen LogP contribution in [0.1, 0.15) is 32.1 Å². The molecular formula is C11H18N4O. The lowest BCUT2D eigenvalue weighted by molar-refractivity contribution is 0.0167. The second-order valence-electron chi connectivity index (χ2n) is 4.47. The van der Waals surface area contributed by atoms with E-state index in [0.29, 0.717) is 18.1 Å². The molecule has 5 nitrogen and oxygen atoms in total. The van der Waals surface area contributed by atoms with Gasteiger partial charge in [-0.2, -0.15) is 0 Å². The summed E-state index contributed by atoms with van der Waals surface area (Å²) in [5.41, 5.74) is 5.62. The van der Waals surface area contributed by atoms with Crippen molar-refractivity contribution >= 4 is 11.5 Å². The highest BCUT2D eigenvalue weighted by atomic mass is 16.3. The Morgan fingerprint density at radius 2 is 2.12 bits per heavy atom. The normalized spacial score (nSPS) is 19.3. The van der Waals surface area contributed by atoms with Gasteiger partial charge in [-0.3, -0.25) is 0 Å². The highest BCUT2D eigenvalue weighted by Gasteiger charge is 2.28. The minimum Gasteiger partial charge on any atom is -0.394 e. The Morgan fingerprint density at radius 1 is 1.38 bits per heavy atom. The number of nitrogens with two attached hydrogens (primary N) is 1. The van der Waals surface area contributed by atoms with E-state index in [0.717, 1.165) is 25.7 Å². The van der Waals surface area contributed by atoms with Gasteiger partial charge in [-0.15, -0.1) is 0 Å². The van der Waals surface area contributed by atoms with E-state index >= 15 is 0 Å². The number of hydrogen-bond donors (Lipinski definition) is 3. The molecule has 1 fully saturated rings. The minimum atomic E-state index is -0.602. The highest BCUT2D eigenvalue weighted by Crippen LogP contribution is 2.28. The number of nitrogens with zero attached hydrogens (tertiary/aromatic N) is 2. The van der Waals surface area contributed by atoms with Crippen LogP contribution in [0.2, 0.25) is 0 Å². The van der Waals surface area contributed by atoms with Gasteiger partial charge >= 0.3 is 0 Å². The number of aliphatic hydroxyl groups is 1. The molecule has 4 N–H and O–H groups in total. The van der Waals surface area contributed by atoms with Crippen LogP contribution in [0.3, 0.4) is 0 Å². The third kappa shape index (κ3) is 2.61. The van der Waals surface area contributed by atoms with Crippen LogP contribution in [-0.4, -0.2) is 27.2 Å². The molecule has 0 spiro atoms. The fraction of sp³-hybridized carbons (Fsp3) is 0.636. The van der Waals surface area contributed by atoms with Gasteiger partial charge < -0.3 is 16.2 Å². The molecule has 16 heavy (non-hydrogen) atoms. The molecule has 1 aliphatic carbocycles. The van der Waals surface area contributed by atoms with Crippen molar-refractivity contribution in [2.24, 2.45) is 0 Å². The van der Waals surface area contributed by atoms with E-state index in [4.69, 9.17) is 5.73 Å². The van der Waals surface area contributed by atoms with Crippen molar-refractivity contribution < 1.29 is 5.11 Å². The van der Waals surface area contributed by atoms with Crippen LogP contribution in [0.4, 0.5) is 11.5 Å². The molecule has 0 amide bonds. The summed E-state index contributed by atoms with van der Waals surface area (Å²) in [7, 11) is 0. The Kier molecular flexibility index (Phi) is 3.24. The molecular weight excluding hydrogens is 204 g/mol. The first-order valence-electron chi connectivity index (χ1n) is 5.71. The van der Waals surface area contributed by atoms with Crippen LogP contribution in [0.5, 0.6) is 0 Å². The largest absolute Gasteiger partial charge is 0.394 e. The van der Waals surface area contributed by atoms with E-state index in [-0.39, 0.29) is 0 Å². The molecule has 0 unspecified atom stereocenters. The van der Waals surface area contributed by atoms with E-state index in [9.17, 15) is 5.11 Å². The van der Waals surface area contributed by atoms with Crippen LogP contribution >= 0.6 is 0 Å². The smallest absolute Gasteiger partial charge is 0.152 e. The summed E-state index contributed by atoms with van der Waals surface area (Å²) in [5, 5.41) is 13.4. The van der Waals surface area contributed by atoms with Crippen molar-refractivity contribution in [3.05, 3.63) is 12.5 Å². The average molecular weight is 222 g/mol. The van der Waals surface area contributed by atoms with E-state index in [1.54, 1.807) is 6.20 Å². The molecule has 5 heteroatoms. The minimum absolute atomic E-state index is 0.508. The number of nitrogens with one attached hydrogen (secondary N) is 1. The highest BCUT2D eigenvalue weighted by molar-refractivity contribution is 5.59. The fourth-order valence-corrected chi connectivity index (χ4v) is 2.12. The topological polar surface area (TPSA) is 84.1 Å². The summed E-state index contributed by atoms with van der Waals surface area (Å²) in [6, 6.07) is 0. The van der Waals surface area contributed by atoms with Crippen molar-refractivity contribution in [1.29, 1.82) is 0 Å². The van der Waals surface area contributed by atoms with E-state index < -0.39 is 5.60 Å². The molecule has 88 valence electrons. The monoisotopic (exact) mass is 222 g/mol. The Morgan fingerprint density at radius 3 is 2.81 bits per heavy atom. The van der Waals surface area contributed by atoms with Crippen LogP contribution in [0.25, 0.3) is 0 Å². The van der Waals surface area contributed by atoms with Crippen LogP contribution in [0, 0.1) is 0 Å². The summed E-state index contributed by atoms with van der Waals surface area (Å²) in [4.78, 5) is 7.85. The summed E-state index contributed by atoms with van der Waals surface area (Å²) in [6.07, 6.45) is 8.12. The third-order valence-corrected chi connectivity index (χ3v) is 3.11. The zero-order chi connectivity index (χ0) is 11.4.